The Morgan fingerprint density at radius 1 is 1.43 bits per heavy atom. The number of para-hydroxylation sites is 1. The summed E-state index contributed by atoms with van der Waals surface area (Å²) in [5.74, 6) is 0. The van der Waals surface area contributed by atoms with Gasteiger partial charge in [0, 0.05) is 6.54 Å². The molecule has 1 heterocycles. The first-order valence-electron chi connectivity index (χ1n) is 4.92. The van der Waals surface area contributed by atoms with Crippen LogP contribution in [-0.2, 0) is 6.54 Å². The molecule has 2 rings (SSSR count). The Kier molecular flexibility index (Phi) is 2.15. The van der Waals surface area contributed by atoms with Gasteiger partial charge in [-0.25, -0.2) is 4.79 Å². The highest BCUT2D eigenvalue weighted by atomic mass is 16.1. The highest BCUT2D eigenvalue weighted by Crippen LogP contribution is 2.14. The van der Waals surface area contributed by atoms with Crippen molar-refractivity contribution in [3.63, 3.8) is 0 Å². The number of rotatable bonds is 2. The predicted octanol–water partition coefficient (Wildman–Crippen LogP) is 2.05. The van der Waals surface area contributed by atoms with Gasteiger partial charge in [0.2, 0.25) is 0 Å². The molecule has 1 aromatic carbocycles. The Morgan fingerprint density at radius 2 is 2.21 bits per heavy atom. The van der Waals surface area contributed by atoms with Crippen molar-refractivity contribution in [1.29, 1.82) is 0 Å². The Hall–Kier alpha value is -1.51. The van der Waals surface area contributed by atoms with E-state index in [0.717, 1.165) is 29.6 Å². The van der Waals surface area contributed by atoms with E-state index >= 15 is 0 Å². The maximum absolute atomic E-state index is 11.6. The number of aromatic nitrogens is 2. The number of H-pyrrole nitrogens is 1. The van der Waals surface area contributed by atoms with E-state index in [1.54, 1.807) is 0 Å². The van der Waals surface area contributed by atoms with E-state index in [1.165, 1.54) is 0 Å². The van der Waals surface area contributed by atoms with Gasteiger partial charge >= 0.3 is 5.69 Å². The molecule has 0 fully saturated rings. The van der Waals surface area contributed by atoms with Gasteiger partial charge in [-0.3, -0.25) is 4.57 Å². The lowest BCUT2D eigenvalue weighted by atomic mass is 10.2. The zero-order chi connectivity index (χ0) is 10.1. The van der Waals surface area contributed by atoms with Crippen LogP contribution < -0.4 is 5.69 Å². The SMILES string of the molecule is CCCn1c(=O)[nH]c2cccc(C)c21. The highest BCUT2D eigenvalue weighted by Gasteiger charge is 2.06. The lowest BCUT2D eigenvalue weighted by Gasteiger charge is -2.02. The summed E-state index contributed by atoms with van der Waals surface area (Å²) in [5, 5.41) is 0. The summed E-state index contributed by atoms with van der Waals surface area (Å²) in [5.41, 5.74) is 3.12. The summed E-state index contributed by atoms with van der Waals surface area (Å²) in [6.07, 6.45) is 0.973. The van der Waals surface area contributed by atoms with Gasteiger partial charge in [-0.15, -0.1) is 0 Å². The van der Waals surface area contributed by atoms with Gasteiger partial charge in [0.1, 0.15) is 0 Å². The fraction of sp³-hybridized carbons (Fsp3) is 0.364. The molecule has 2 aromatic rings. The smallest absolute Gasteiger partial charge is 0.306 e. The van der Waals surface area contributed by atoms with Crippen LogP contribution in [0.15, 0.2) is 23.0 Å². The number of benzene rings is 1. The molecule has 74 valence electrons. The quantitative estimate of drug-likeness (QED) is 0.773. The largest absolute Gasteiger partial charge is 0.326 e. The number of aryl methyl sites for hydroxylation is 2. The highest BCUT2D eigenvalue weighted by molar-refractivity contribution is 5.78. The van der Waals surface area contributed by atoms with Crippen LogP contribution in [0.25, 0.3) is 11.0 Å². The Balaban J connectivity index is 2.79. The summed E-state index contributed by atoms with van der Waals surface area (Å²) < 4.78 is 1.81. The van der Waals surface area contributed by atoms with Crippen LogP contribution >= 0.6 is 0 Å². The molecule has 0 saturated heterocycles. The number of nitrogens with one attached hydrogen (secondary N) is 1. The van der Waals surface area contributed by atoms with Crippen LogP contribution in [0.2, 0.25) is 0 Å². The number of hydrogen-bond acceptors (Lipinski definition) is 1. The zero-order valence-corrected chi connectivity index (χ0v) is 8.50. The van der Waals surface area contributed by atoms with E-state index in [0.29, 0.717) is 0 Å². The molecule has 0 aliphatic carbocycles. The summed E-state index contributed by atoms with van der Waals surface area (Å²) in [6, 6.07) is 5.93. The predicted molar refractivity (Wildman–Crippen MR) is 57.6 cm³/mol. The molecular formula is C11H14N2O. The third kappa shape index (κ3) is 1.25. The van der Waals surface area contributed by atoms with Crippen molar-refractivity contribution in [2.45, 2.75) is 26.8 Å². The van der Waals surface area contributed by atoms with E-state index in [2.05, 4.69) is 11.9 Å². The van der Waals surface area contributed by atoms with Crippen molar-refractivity contribution in [2.75, 3.05) is 0 Å². The average molecular weight is 190 g/mol. The first-order chi connectivity index (χ1) is 6.74. The minimum absolute atomic E-state index is 0.00356. The van der Waals surface area contributed by atoms with Gasteiger partial charge in [0.05, 0.1) is 11.0 Å². The zero-order valence-electron chi connectivity index (χ0n) is 8.50. The van der Waals surface area contributed by atoms with E-state index < -0.39 is 0 Å². The van der Waals surface area contributed by atoms with Gasteiger partial charge < -0.3 is 4.98 Å². The normalized spacial score (nSPS) is 11.0. The Labute approximate surface area is 82.4 Å². The van der Waals surface area contributed by atoms with Gasteiger partial charge in [-0.05, 0) is 25.0 Å². The number of aromatic amines is 1. The molecule has 1 aromatic heterocycles. The molecule has 14 heavy (non-hydrogen) atoms. The third-order valence-corrected chi connectivity index (χ3v) is 2.44. The van der Waals surface area contributed by atoms with E-state index in [4.69, 9.17) is 0 Å². The van der Waals surface area contributed by atoms with Crippen molar-refractivity contribution in [3.05, 3.63) is 34.2 Å². The molecule has 0 radical (unpaired) electrons. The summed E-state index contributed by atoms with van der Waals surface area (Å²) in [4.78, 5) is 14.4. The molecule has 3 heteroatoms. The Bertz CT molecular complexity index is 507. The molecule has 0 aliphatic heterocycles. The third-order valence-electron chi connectivity index (χ3n) is 2.44. The van der Waals surface area contributed by atoms with Crippen molar-refractivity contribution in [1.82, 2.24) is 9.55 Å². The van der Waals surface area contributed by atoms with Crippen molar-refractivity contribution in [2.24, 2.45) is 0 Å². The van der Waals surface area contributed by atoms with Crippen LogP contribution in [-0.4, -0.2) is 9.55 Å². The number of nitrogens with zero attached hydrogens (tertiary/aromatic N) is 1. The van der Waals surface area contributed by atoms with E-state index in [9.17, 15) is 4.79 Å². The maximum Gasteiger partial charge on any atom is 0.326 e. The maximum atomic E-state index is 11.6. The van der Waals surface area contributed by atoms with Crippen LogP contribution in [0.4, 0.5) is 0 Å². The topological polar surface area (TPSA) is 37.8 Å². The first-order valence-corrected chi connectivity index (χ1v) is 4.92. The van der Waals surface area contributed by atoms with Crippen LogP contribution in [0, 0.1) is 6.92 Å². The van der Waals surface area contributed by atoms with E-state index in [-0.39, 0.29) is 5.69 Å². The monoisotopic (exact) mass is 190 g/mol. The summed E-state index contributed by atoms with van der Waals surface area (Å²) in [7, 11) is 0. The molecule has 0 unspecified atom stereocenters. The summed E-state index contributed by atoms with van der Waals surface area (Å²) in [6.45, 7) is 4.88. The van der Waals surface area contributed by atoms with Gasteiger partial charge in [-0.1, -0.05) is 19.1 Å². The molecule has 0 aliphatic rings. The van der Waals surface area contributed by atoms with Gasteiger partial charge in [-0.2, -0.15) is 0 Å². The lowest BCUT2D eigenvalue weighted by molar-refractivity contribution is 0.673. The van der Waals surface area contributed by atoms with Crippen molar-refractivity contribution < 1.29 is 0 Å². The number of hydrogen-bond donors (Lipinski definition) is 1. The van der Waals surface area contributed by atoms with Gasteiger partial charge in [0.25, 0.3) is 0 Å². The second kappa shape index (κ2) is 3.33. The van der Waals surface area contributed by atoms with Gasteiger partial charge in [0.15, 0.2) is 0 Å². The average Bonchev–Trinajstić information content (AvgIpc) is 2.45. The van der Waals surface area contributed by atoms with Crippen LogP contribution in [0.3, 0.4) is 0 Å². The van der Waals surface area contributed by atoms with E-state index in [1.807, 2.05) is 29.7 Å². The minimum atomic E-state index is -0.00356. The molecule has 3 nitrogen and oxygen atoms in total. The molecular weight excluding hydrogens is 176 g/mol. The molecule has 0 spiro atoms. The minimum Gasteiger partial charge on any atom is -0.306 e. The standard InChI is InChI=1S/C11H14N2O/c1-3-7-13-10-8(2)5-4-6-9(10)12-11(13)14/h4-6H,3,7H2,1-2H3,(H,12,14). The Morgan fingerprint density at radius 3 is 2.93 bits per heavy atom. The second-order valence-electron chi connectivity index (χ2n) is 3.55. The van der Waals surface area contributed by atoms with Crippen molar-refractivity contribution >= 4 is 11.0 Å². The van der Waals surface area contributed by atoms with Crippen LogP contribution in [0.1, 0.15) is 18.9 Å². The first kappa shape index (κ1) is 9.06. The molecule has 0 atom stereocenters. The van der Waals surface area contributed by atoms with Crippen molar-refractivity contribution in [3.8, 4) is 0 Å². The van der Waals surface area contributed by atoms with Crippen LogP contribution in [0.5, 0.6) is 0 Å². The second-order valence-corrected chi connectivity index (χ2v) is 3.55. The number of imidazole rings is 1. The fourth-order valence-corrected chi connectivity index (χ4v) is 1.84. The number of fused-ring (bicyclic) bond motifs is 1. The fourth-order valence-electron chi connectivity index (χ4n) is 1.84. The summed E-state index contributed by atoms with van der Waals surface area (Å²) >= 11 is 0. The molecule has 0 bridgehead atoms. The lowest BCUT2D eigenvalue weighted by Crippen LogP contribution is -2.16. The molecule has 0 amide bonds. The molecule has 1 N–H and O–H groups in total. The molecule has 0 saturated carbocycles.